The van der Waals surface area contributed by atoms with Crippen LogP contribution in [0.1, 0.15) is 67.0 Å². The Morgan fingerprint density at radius 3 is 1.79 bits per heavy atom. The molecule has 0 amide bonds. The molecular weight excluding hydrogens is 971 g/mol. The zero-order valence-corrected chi connectivity index (χ0v) is 42.8. The smallest absolute Gasteiger partial charge is 0.176 e. The average Bonchev–Trinajstić information content (AvgIpc) is 4.04. The summed E-state index contributed by atoms with van der Waals surface area (Å²) in [4.78, 5) is 12.4. The molecule has 408 valence electrons. The highest BCUT2D eigenvalue weighted by Crippen LogP contribution is 2.34. The van der Waals surface area contributed by atoms with Crippen molar-refractivity contribution in [1.29, 1.82) is 0 Å². The van der Waals surface area contributed by atoms with E-state index in [4.69, 9.17) is 29.4 Å². The first-order valence-corrected chi connectivity index (χ1v) is 26.8. The van der Waals surface area contributed by atoms with Gasteiger partial charge >= 0.3 is 0 Å². The Balaban J connectivity index is 0.833. The highest BCUT2D eigenvalue weighted by atomic mass is 16.7. The second-order valence-electron chi connectivity index (χ2n) is 20.1. The second-order valence-corrected chi connectivity index (χ2v) is 20.1. The number of aliphatic hydroxyl groups is 5. The van der Waals surface area contributed by atoms with Crippen LogP contribution in [0, 0.1) is 0 Å². The standard InChI is InChI=1S/C57H75N9O10/c58-54-46-55(64-35-63-54)66(36-65-46)56-51(71)48(68)44(74-56)34-72-26-16-2-1-3-17-27-73-53-45(62-32-40-24-14-7-15-25-40)57(75-43(49(53)69)33-59-29-37-18-8-4-9-19-37)76-52-42(61-31-39-22-12-6-13-23-39)28-41(47(67)50(52)70)60-30-38-20-10-5-11-21-38/h4-15,18-25,35-36,41-45,47-53,56-57,59-62,67-71H,1-3,16-17,26-34H2,(H2,58,63,64)/t41-,42+,43+,44+,45+,47+,48+,49+,50-,51+,52-,53+,56+,57+/m0/s1. The predicted octanol–water partition coefficient (Wildman–Crippen LogP) is 3.24. The highest BCUT2D eigenvalue weighted by Gasteiger charge is 2.51. The van der Waals surface area contributed by atoms with Gasteiger partial charge in [-0.2, -0.15) is 0 Å². The van der Waals surface area contributed by atoms with Gasteiger partial charge in [-0.05, 0) is 41.5 Å². The first kappa shape index (κ1) is 55.4. The van der Waals surface area contributed by atoms with E-state index in [1.54, 1.807) is 4.57 Å². The topological polar surface area (TPSA) is 265 Å². The van der Waals surface area contributed by atoms with Gasteiger partial charge < -0.3 is 76.2 Å². The Labute approximate surface area is 444 Å². The second kappa shape index (κ2) is 27.8. The Morgan fingerprint density at radius 1 is 0.566 bits per heavy atom. The minimum atomic E-state index is -1.30. The Hall–Kier alpha value is -5.33. The Bertz CT molecular complexity index is 2610. The first-order valence-electron chi connectivity index (χ1n) is 26.8. The van der Waals surface area contributed by atoms with Crippen molar-refractivity contribution in [3.8, 4) is 0 Å². The molecule has 3 fully saturated rings. The van der Waals surface area contributed by atoms with Crippen LogP contribution in [0.2, 0.25) is 0 Å². The summed E-state index contributed by atoms with van der Waals surface area (Å²) in [6.07, 6.45) is -3.57. The summed E-state index contributed by atoms with van der Waals surface area (Å²) in [5, 5.41) is 72.1. The number of aliphatic hydroxyl groups excluding tert-OH is 5. The van der Waals surface area contributed by atoms with Crippen molar-refractivity contribution in [3.05, 3.63) is 156 Å². The molecule has 6 aromatic rings. The molecule has 3 aliphatic rings. The molecule has 76 heavy (non-hydrogen) atoms. The number of nitrogens with two attached hydrogens (primary N) is 1. The van der Waals surface area contributed by atoms with Crippen LogP contribution in [0.15, 0.2) is 134 Å². The van der Waals surface area contributed by atoms with E-state index >= 15 is 0 Å². The molecule has 0 radical (unpaired) electrons. The molecule has 0 unspecified atom stereocenters. The number of nitrogens with one attached hydrogen (secondary N) is 4. The molecular formula is C57H75N9O10. The molecule has 2 aromatic heterocycles. The fraction of sp³-hybridized carbons (Fsp3) is 0.491. The lowest BCUT2D eigenvalue weighted by molar-refractivity contribution is -0.300. The van der Waals surface area contributed by atoms with Crippen LogP contribution in [-0.2, 0) is 49.9 Å². The minimum Gasteiger partial charge on any atom is -0.389 e. The largest absolute Gasteiger partial charge is 0.389 e. The number of unbranched alkanes of at least 4 members (excludes halogenated alkanes) is 4. The van der Waals surface area contributed by atoms with E-state index in [9.17, 15) is 25.5 Å². The minimum absolute atomic E-state index is 0.102. The number of hydrogen-bond acceptors (Lipinski definition) is 18. The zero-order chi connectivity index (χ0) is 52.6. The lowest BCUT2D eigenvalue weighted by Crippen LogP contribution is -2.69. The molecule has 2 saturated heterocycles. The number of fused-ring (bicyclic) bond motifs is 1. The normalized spacial score (nSPS) is 28.8. The summed E-state index contributed by atoms with van der Waals surface area (Å²) in [6, 6.07) is 38.5. The number of imidazole rings is 1. The molecule has 2 aliphatic heterocycles. The summed E-state index contributed by atoms with van der Waals surface area (Å²) in [5.41, 5.74) is 11.0. The average molecular weight is 1050 g/mol. The number of benzene rings is 4. The number of nitrogen functional groups attached to an aromatic ring is 1. The van der Waals surface area contributed by atoms with Crippen LogP contribution in [0.4, 0.5) is 5.82 Å². The lowest BCUT2D eigenvalue weighted by atomic mass is 9.83. The maximum Gasteiger partial charge on any atom is 0.176 e. The maximum absolute atomic E-state index is 12.2. The molecule has 11 N–H and O–H groups in total. The van der Waals surface area contributed by atoms with Crippen molar-refractivity contribution in [2.24, 2.45) is 0 Å². The summed E-state index contributed by atoms with van der Waals surface area (Å²) in [6.45, 7) is 3.21. The van der Waals surface area contributed by atoms with Crippen LogP contribution in [0.3, 0.4) is 0 Å². The number of anilines is 1. The predicted molar refractivity (Wildman–Crippen MR) is 285 cm³/mol. The highest BCUT2D eigenvalue weighted by molar-refractivity contribution is 5.81. The van der Waals surface area contributed by atoms with E-state index in [2.05, 4.69) is 36.2 Å². The monoisotopic (exact) mass is 1050 g/mol. The SMILES string of the molecule is Nc1ncnc2c1ncn2[C@@H]1O[C@H](COCCCCCCCO[C@H]2[C@H](O)[C@@H](CNCc3ccccc3)O[C@H](O[C@@H]3[C@@H](O)[C@H](O)[C@@H](NCc4ccccc4)C[C@H]3NCc3ccccc3)[C@@H]2NCc2ccccc2)[C@@H](O)[C@H]1O. The third kappa shape index (κ3) is 14.4. The Kier molecular flexibility index (Phi) is 20.3. The van der Waals surface area contributed by atoms with Gasteiger partial charge in [0.15, 0.2) is 24.0 Å². The van der Waals surface area contributed by atoms with Crippen LogP contribution >= 0.6 is 0 Å². The zero-order valence-electron chi connectivity index (χ0n) is 42.8. The van der Waals surface area contributed by atoms with Crippen LogP contribution in [0.5, 0.6) is 0 Å². The van der Waals surface area contributed by atoms with Crippen LogP contribution in [0.25, 0.3) is 11.2 Å². The third-order valence-corrected chi connectivity index (χ3v) is 14.7. The van der Waals surface area contributed by atoms with Crippen LogP contribution in [-0.4, -0.2) is 151 Å². The van der Waals surface area contributed by atoms with Gasteiger partial charge in [0.1, 0.15) is 60.7 Å². The molecule has 1 aliphatic carbocycles. The first-order chi connectivity index (χ1) is 37.2. The lowest BCUT2D eigenvalue weighted by Gasteiger charge is -2.49. The fourth-order valence-electron chi connectivity index (χ4n) is 10.5. The molecule has 4 aromatic carbocycles. The molecule has 0 spiro atoms. The number of ether oxygens (including phenoxy) is 5. The van der Waals surface area contributed by atoms with Crippen molar-refractivity contribution >= 4 is 17.0 Å². The van der Waals surface area contributed by atoms with Gasteiger partial charge in [0.05, 0.1) is 25.1 Å². The van der Waals surface area contributed by atoms with Gasteiger partial charge in [0.2, 0.25) is 0 Å². The van der Waals surface area contributed by atoms with Gasteiger partial charge in [0, 0.05) is 58.0 Å². The molecule has 1 saturated carbocycles. The van der Waals surface area contributed by atoms with E-state index in [1.165, 1.54) is 12.7 Å². The summed E-state index contributed by atoms with van der Waals surface area (Å²) in [5.74, 6) is 0.210. The molecule has 4 heterocycles. The van der Waals surface area contributed by atoms with E-state index in [1.807, 2.05) is 121 Å². The number of rotatable bonds is 27. The van der Waals surface area contributed by atoms with E-state index in [-0.39, 0.29) is 12.4 Å². The van der Waals surface area contributed by atoms with Crippen molar-refractivity contribution in [2.75, 3.05) is 32.1 Å². The molecule has 0 bridgehead atoms. The number of hydrogen-bond donors (Lipinski definition) is 10. The van der Waals surface area contributed by atoms with Gasteiger partial charge in [-0.15, -0.1) is 0 Å². The number of aromatic nitrogens is 4. The summed E-state index contributed by atoms with van der Waals surface area (Å²) < 4.78 is 34.0. The van der Waals surface area contributed by atoms with Crippen molar-refractivity contribution in [1.82, 2.24) is 40.8 Å². The summed E-state index contributed by atoms with van der Waals surface area (Å²) >= 11 is 0. The quantitative estimate of drug-likeness (QED) is 0.0332. The van der Waals surface area contributed by atoms with Crippen molar-refractivity contribution in [2.45, 2.75) is 150 Å². The Morgan fingerprint density at radius 2 is 1.14 bits per heavy atom. The molecule has 19 heteroatoms. The van der Waals surface area contributed by atoms with E-state index < -0.39 is 85.6 Å². The third-order valence-electron chi connectivity index (χ3n) is 14.7. The van der Waals surface area contributed by atoms with Crippen LogP contribution < -0.4 is 27.0 Å². The van der Waals surface area contributed by atoms with Crippen molar-refractivity contribution < 1.29 is 49.2 Å². The van der Waals surface area contributed by atoms with Gasteiger partial charge in [-0.25, -0.2) is 15.0 Å². The summed E-state index contributed by atoms with van der Waals surface area (Å²) in [7, 11) is 0. The van der Waals surface area contributed by atoms with Gasteiger partial charge in [0.25, 0.3) is 0 Å². The van der Waals surface area contributed by atoms with Crippen molar-refractivity contribution in [3.63, 3.8) is 0 Å². The van der Waals surface area contributed by atoms with E-state index in [0.29, 0.717) is 63.5 Å². The fourth-order valence-corrected chi connectivity index (χ4v) is 10.5. The van der Waals surface area contributed by atoms with E-state index in [0.717, 1.165) is 54.4 Å². The molecule has 19 nitrogen and oxygen atoms in total. The molecule has 14 atom stereocenters. The molecule has 9 rings (SSSR count). The van der Waals surface area contributed by atoms with Gasteiger partial charge in [-0.1, -0.05) is 141 Å². The maximum atomic E-state index is 12.2. The van der Waals surface area contributed by atoms with Gasteiger partial charge in [-0.3, -0.25) is 4.57 Å². The number of nitrogens with zero attached hydrogens (tertiary/aromatic N) is 4.